The first kappa shape index (κ1) is 21.7. The molecule has 2 N–H and O–H groups in total. The predicted molar refractivity (Wildman–Crippen MR) is 114 cm³/mol. The Balaban J connectivity index is 1.64. The lowest BCUT2D eigenvalue weighted by Crippen LogP contribution is -2.47. The van der Waals surface area contributed by atoms with E-state index in [1.807, 2.05) is 0 Å². The summed E-state index contributed by atoms with van der Waals surface area (Å²) in [4.78, 5) is 12.1. The van der Waals surface area contributed by atoms with E-state index in [1.54, 1.807) is 37.3 Å². The van der Waals surface area contributed by atoms with Crippen LogP contribution in [0.2, 0.25) is 0 Å². The van der Waals surface area contributed by atoms with Crippen molar-refractivity contribution < 1.29 is 26.7 Å². The maximum Gasteiger partial charge on any atom is 0.325 e. The molecule has 0 unspecified atom stereocenters. The Morgan fingerprint density at radius 2 is 1.84 bits per heavy atom. The molecule has 1 aliphatic rings. The standard InChI is InChI=1S/C19H19N3O6S3/c1-18(13-6-4-3-5-7-13)12-19(18,17(23)24)21-31(27,28)16-9-8-15(29-16)22-11-14(10-20-22)30(2,25)26/h3-11,21H,12H2,1-2H3,(H,23,24)/t18-,19-/m1/s1. The lowest BCUT2D eigenvalue weighted by Gasteiger charge is -2.20. The van der Waals surface area contributed by atoms with Crippen molar-refractivity contribution in [3.63, 3.8) is 0 Å². The Morgan fingerprint density at radius 3 is 2.42 bits per heavy atom. The van der Waals surface area contributed by atoms with Crippen molar-refractivity contribution in [2.45, 2.75) is 33.4 Å². The van der Waals surface area contributed by atoms with E-state index in [-0.39, 0.29) is 15.5 Å². The molecule has 31 heavy (non-hydrogen) atoms. The molecular formula is C19H19N3O6S3. The fraction of sp³-hybridized carbons (Fsp3) is 0.263. The van der Waals surface area contributed by atoms with Crippen LogP contribution in [0.5, 0.6) is 0 Å². The fourth-order valence-electron chi connectivity index (χ4n) is 3.62. The molecule has 0 bridgehead atoms. The molecule has 0 saturated heterocycles. The summed E-state index contributed by atoms with van der Waals surface area (Å²) >= 11 is 0.855. The number of hydrogen-bond acceptors (Lipinski definition) is 7. The maximum atomic E-state index is 13.0. The molecule has 4 rings (SSSR count). The first-order valence-corrected chi connectivity index (χ1v) is 13.3. The van der Waals surface area contributed by atoms with Crippen LogP contribution in [-0.4, -0.2) is 49.5 Å². The molecule has 2 atom stereocenters. The maximum absolute atomic E-state index is 13.0. The minimum absolute atomic E-state index is 0.00451. The van der Waals surface area contributed by atoms with Crippen molar-refractivity contribution in [2.75, 3.05) is 6.26 Å². The number of sulfone groups is 1. The van der Waals surface area contributed by atoms with E-state index in [4.69, 9.17) is 0 Å². The molecule has 1 aromatic carbocycles. The summed E-state index contributed by atoms with van der Waals surface area (Å²) in [6.07, 6.45) is 3.63. The lowest BCUT2D eigenvalue weighted by molar-refractivity contribution is -0.140. The predicted octanol–water partition coefficient (Wildman–Crippen LogP) is 1.80. The number of hydrogen-bond donors (Lipinski definition) is 2. The lowest BCUT2D eigenvalue weighted by atomic mass is 9.93. The molecule has 2 aromatic heterocycles. The molecule has 0 spiro atoms. The minimum Gasteiger partial charge on any atom is -0.480 e. The highest BCUT2D eigenvalue weighted by molar-refractivity contribution is 7.91. The summed E-state index contributed by atoms with van der Waals surface area (Å²) in [6.45, 7) is 1.72. The van der Waals surface area contributed by atoms with E-state index in [1.165, 1.54) is 29.2 Å². The molecule has 1 saturated carbocycles. The number of aliphatic carboxylic acids is 1. The van der Waals surface area contributed by atoms with Gasteiger partial charge in [0.2, 0.25) is 0 Å². The van der Waals surface area contributed by atoms with Crippen molar-refractivity contribution >= 4 is 37.2 Å². The summed E-state index contributed by atoms with van der Waals surface area (Å²) in [7, 11) is -7.61. The van der Waals surface area contributed by atoms with Crippen molar-refractivity contribution in [1.82, 2.24) is 14.5 Å². The highest BCUT2D eigenvalue weighted by atomic mass is 32.2. The summed E-state index contributed by atoms with van der Waals surface area (Å²) in [5.74, 6) is -1.25. The molecule has 12 heteroatoms. The van der Waals surface area contributed by atoms with Crippen molar-refractivity contribution in [3.05, 3.63) is 60.4 Å². The fourth-order valence-corrected chi connectivity index (χ4v) is 6.83. The van der Waals surface area contributed by atoms with Crippen LogP contribution in [0.25, 0.3) is 5.00 Å². The van der Waals surface area contributed by atoms with Gasteiger partial charge in [-0.05, 0) is 24.1 Å². The molecule has 1 fully saturated rings. The van der Waals surface area contributed by atoms with Gasteiger partial charge in [0.05, 0.1) is 12.4 Å². The molecule has 1 aliphatic carbocycles. The molecule has 0 amide bonds. The summed E-state index contributed by atoms with van der Waals surface area (Å²) in [6, 6.07) is 11.7. The van der Waals surface area contributed by atoms with Crippen LogP contribution in [-0.2, 0) is 30.1 Å². The number of nitrogens with zero attached hydrogens (tertiary/aromatic N) is 2. The third kappa shape index (κ3) is 3.59. The van der Waals surface area contributed by atoms with Gasteiger partial charge in [0.25, 0.3) is 10.0 Å². The second kappa shape index (κ2) is 6.99. The number of carbonyl (C=O) groups is 1. The molecule has 0 radical (unpaired) electrons. The van der Waals surface area contributed by atoms with Gasteiger partial charge in [-0.2, -0.15) is 9.82 Å². The molecule has 0 aliphatic heterocycles. The summed E-state index contributed by atoms with van der Waals surface area (Å²) in [5.41, 5.74) is -1.82. The number of sulfonamides is 1. The Morgan fingerprint density at radius 1 is 1.16 bits per heavy atom. The molecule has 3 aromatic rings. The van der Waals surface area contributed by atoms with Crippen LogP contribution >= 0.6 is 11.3 Å². The number of benzene rings is 1. The second-order valence-corrected chi connectivity index (χ2v) is 12.7. The Bertz CT molecular complexity index is 1380. The second-order valence-electron chi connectivity index (χ2n) is 7.68. The van der Waals surface area contributed by atoms with Gasteiger partial charge in [0.15, 0.2) is 9.84 Å². The third-order valence-corrected chi connectivity index (χ3v) is 9.69. The topological polar surface area (TPSA) is 135 Å². The normalized spacial score (nSPS) is 23.5. The van der Waals surface area contributed by atoms with Gasteiger partial charge in [-0.15, -0.1) is 11.3 Å². The number of thiophene rings is 1. The SMILES string of the molecule is C[C@]1(c2ccccc2)C[C@@]1(NS(=O)(=O)c1ccc(-n2cc(S(C)(=O)=O)cn2)s1)C(=O)O. The van der Waals surface area contributed by atoms with Crippen LogP contribution < -0.4 is 4.72 Å². The van der Waals surface area contributed by atoms with E-state index in [2.05, 4.69) is 9.82 Å². The third-order valence-electron chi connectivity index (χ3n) is 5.57. The molecule has 9 nitrogen and oxygen atoms in total. The zero-order valence-corrected chi connectivity index (χ0v) is 19.0. The zero-order valence-electron chi connectivity index (χ0n) is 16.5. The Kier molecular flexibility index (Phi) is 4.89. The minimum atomic E-state index is -4.16. The summed E-state index contributed by atoms with van der Waals surface area (Å²) in [5, 5.41) is 14.2. The van der Waals surface area contributed by atoms with Crippen LogP contribution in [0, 0.1) is 0 Å². The van der Waals surface area contributed by atoms with Gasteiger partial charge in [0.1, 0.15) is 19.6 Å². The smallest absolute Gasteiger partial charge is 0.325 e. The summed E-state index contributed by atoms with van der Waals surface area (Å²) < 4.78 is 52.9. The molecule has 164 valence electrons. The van der Waals surface area contributed by atoms with Gasteiger partial charge in [-0.1, -0.05) is 37.3 Å². The number of rotatable bonds is 7. The van der Waals surface area contributed by atoms with Gasteiger partial charge >= 0.3 is 5.97 Å². The van der Waals surface area contributed by atoms with Gasteiger partial charge in [-0.25, -0.2) is 21.5 Å². The first-order chi connectivity index (χ1) is 14.4. The van der Waals surface area contributed by atoms with Gasteiger partial charge < -0.3 is 5.11 Å². The van der Waals surface area contributed by atoms with E-state index < -0.39 is 36.8 Å². The average Bonchev–Trinajstić information content (AvgIpc) is 3.12. The van der Waals surface area contributed by atoms with Crippen LogP contribution in [0.4, 0.5) is 0 Å². The van der Waals surface area contributed by atoms with Crippen LogP contribution in [0.3, 0.4) is 0 Å². The average molecular weight is 482 g/mol. The first-order valence-electron chi connectivity index (χ1n) is 9.07. The van der Waals surface area contributed by atoms with Gasteiger partial charge in [-0.3, -0.25) is 4.79 Å². The highest BCUT2D eigenvalue weighted by Gasteiger charge is 2.72. The van der Waals surface area contributed by atoms with Gasteiger partial charge in [0, 0.05) is 11.7 Å². The number of aromatic nitrogens is 2. The number of carboxylic acids is 1. The molecule has 2 heterocycles. The van der Waals surface area contributed by atoms with Crippen LogP contribution in [0.15, 0.2) is 64.0 Å². The van der Waals surface area contributed by atoms with E-state index in [0.717, 1.165) is 23.2 Å². The quantitative estimate of drug-likeness (QED) is 0.525. The number of carboxylic acid groups (broad SMARTS) is 1. The van der Waals surface area contributed by atoms with Crippen molar-refractivity contribution in [3.8, 4) is 5.00 Å². The number of nitrogens with one attached hydrogen (secondary N) is 1. The van der Waals surface area contributed by atoms with Crippen molar-refractivity contribution in [2.24, 2.45) is 0 Å². The Labute approximate surface area is 183 Å². The largest absolute Gasteiger partial charge is 0.480 e. The van der Waals surface area contributed by atoms with Crippen molar-refractivity contribution in [1.29, 1.82) is 0 Å². The van der Waals surface area contributed by atoms with Crippen LogP contribution in [0.1, 0.15) is 18.9 Å². The monoisotopic (exact) mass is 481 g/mol. The van der Waals surface area contributed by atoms with E-state index >= 15 is 0 Å². The zero-order chi connectivity index (χ0) is 22.7. The Hall–Kier alpha value is -2.54. The van der Waals surface area contributed by atoms with E-state index in [0.29, 0.717) is 5.00 Å². The highest BCUT2D eigenvalue weighted by Crippen LogP contribution is 2.58. The van der Waals surface area contributed by atoms with E-state index in [9.17, 15) is 26.7 Å². The molecular weight excluding hydrogens is 462 g/mol.